The van der Waals surface area contributed by atoms with E-state index in [0.29, 0.717) is 29.5 Å². The second-order valence-electron chi connectivity index (χ2n) is 2.95. The number of nitrogens with zero attached hydrogens (tertiary/aromatic N) is 1. The Bertz CT molecular complexity index is 251. The average molecular weight is 233 g/mol. The van der Waals surface area contributed by atoms with Gasteiger partial charge in [0.15, 0.2) is 0 Å². The highest BCUT2D eigenvalue weighted by molar-refractivity contribution is 8.23. The lowest BCUT2D eigenvalue weighted by Gasteiger charge is -2.13. The molecule has 1 fully saturated rings. The topological polar surface area (TPSA) is 57.6 Å². The van der Waals surface area contributed by atoms with Crippen LogP contribution in [0, 0.1) is 0 Å². The van der Waals surface area contributed by atoms with Crippen LogP contribution in [-0.2, 0) is 9.59 Å². The van der Waals surface area contributed by atoms with Crippen LogP contribution >= 0.6 is 24.0 Å². The van der Waals surface area contributed by atoms with Gasteiger partial charge in [-0.15, -0.1) is 0 Å². The summed E-state index contributed by atoms with van der Waals surface area (Å²) in [5.74, 6) is -0.331. The third-order valence-electron chi connectivity index (χ3n) is 1.86. The first-order valence-electron chi connectivity index (χ1n) is 4.30. The Hall–Kier alpha value is -0.620. The molecule has 0 radical (unpaired) electrons. The number of carboxylic acid groups (broad SMARTS) is 1. The van der Waals surface area contributed by atoms with Crippen molar-refractivity contribution in [2.24, 2.45) is 0 Å². The Balaban J connectivity index is 2.20. The van der Waals surface area contributed by atoms with Crippen LogP contribution in [0.4, 0.5) is 0 Å². The van der Waals surface area contributed by atoms with Crippen LogP contribution in [0.3, 0.4) is 0 Å². The molecule has 78 valence electrons. The van der Waals surface area contributed by atoms with E-state index in [-0.39, 0.29) is 12.3 Å². The maximum absolute atomic E-state index is 11.2. The molecule has 0 aliphatic carbocycles. The highest BCUT2D eigenvalue weighted by Gasteiger charge is 2.25. The molecule has 0 bridgehead atoms. The lowest BCUT2D eigenvalue weighted by Crippen LogP contribution is -2.29. The van der Waals surface area contributed by atoms with Gasteiger partial charge in [-0.25, -0.2) is 0 Å². The predicted molar refractivity (Wildman–Crippen MR) is 58.3 cm³/mol. The average Bonchev–Trinajstić information content (AvgIpc) is 2.42. The second kappa shape index (κ2) is 5.31. The van der Waals surface area contributed by atoms with Crippen molar-refractivity contribution in [3.05, 3.63) is 0 Å². The lowest BCUT2D eigenvalue weighted by atomic mass is 10.2. The maximum Gasteiger partial charge on any atom is 0.303 e. The van der Waals surface area contributed by atoms with Crippen LogP contribution < -0.4 is 0 Å². The molecule has 1 aliphatic rings. The smallest absolute Gasteiger partial charge is 0.303 e. The number of hydrogen-bond donors (Lipinski definition) is 1. The summed E-state index contributed by atoms with van der Waals surface area (Å²) in [6.07, 6.45) is 1.44. The van der Waals surface area contributed by atoms with Crippen molar-refractivity contribution >= 4 is 40.2 Å². The molecular weight excluding hydrogens is 222 g/mol. The van der Waals surface area contributed by atoms with Crippen LogP contribution in [0.1, 0.15) is 19.3 Å². The fourth-order valence-electron chi connectivity index (χ4n) is 1.14. The minimum absolute atomic E-state index is 0.0373. The van der Waals surface area contributed by atoms with Gasteiger partial charge in [-0.3, -0.25) is 14.5 Å². The Kier molecular flexibility index (Phi) is 4.34. The third-order valence-corrected chi connectivity index (χ3v) is 3.30. The molecule has 6 heteroatoms. The van der Waals surface area contributed by atoms with E-state index in [1.165, 1.54) is 11.8 Å². The number of hydrogen-bond acceptors (Lipinski definition) is 4. The Morgan fingerprint density at radius 2 is 2.29 bits per heavy atom. The van der Waals surface area contributed by atoms with Crippen LogP contribution in [0.5, 0.6) is 0 Å². The van der Waals surface area contributed by atoms with Crippen LogP contribution in [0.2, 0.25) is 0 Å². The molecule has 4 nitrogen and oxygen atoms in total. The third kappa shape index (κ3) is 3.26. The Morgan fingerprint density at radius 3 is 2.79 bits per heavy atom. The van der Waals surface area contributed by atoms with E-state index in [1.807, 2.05) is 0 Å². The van der Waals surface area contributed by atoms with E-state index < -0.39 is 5.97 Å². The standard InChI is InChI=1S/C8H11NO3S2/c10-6-5-14-8(13)9(6)4-2-1-3-7(11)12/h1-5H2,(H,11,12). The SMILES string of the molecule is O=C(O)CCCCN1C(=O)CSC1=S. The van der Waals surface area contributed by atoms with Crippen LogP contribution in [-0.4, -0.2) is 38.5 Å². The van der Waals surface area contributed by atoms with Crippen molar-refractivity contribution in [3.8, 4) is 0 Å². The van der Waals surface area contributed by atoms with Crippen molar-refractivity contribution in [1.82, 2.24) is 4.90 Å². The van der Waals surface area contributed by atoms with Gasteiger partial charge < -0.3 is 5.11 Å². The van der Waals surface area contributed by atoms with Gasteiger partial charge in [0, 0.05) is 13.0 Å². The van der Waals surface area contributed by atoms with Gasteiger partial charge in [-0.2, -0.15) is 0 Å². The van der Waals surface area contributed by atoms with Crippen LogP contribution in [0.15, 0.2) is 0 Å². The van der Waals surface area contributed by atoms with Gasteiger partial charge in [0.1, 0.15) is 4.32 Å². The number of carbonyl (C=O) groups excluding carboxylic acids is 1. The number of unbranched alkanes of at least 4 members (excludes halogenated alkanes) is 1. The van der Waals surface area contributed by atoms with E-state index in [2.05, 4.69) is 0 Å². The molecule has 1 heterocycles. The van der Waals surface area contributed by atoms with Crippen molar-refractivity contribution in [2.45, 2.75) is 19.3 Å². The van der Waals surface area contributed by atoms with Gasteiger partial charge >= 0.3 is 5.97 Å². The summed E-state index contributed by atoms with van der Waals surface area (Å²) in [5, 5.41) is 8.40. The summed E-state index contributed by atoms with van der Waals surface area (Å²) >= 11 is 6.34. The first kappa shape index (κ1) is 11.5. The fourth-order valence-corrected chi connectivity index (χ4v) is 2.26. The van der Waals surface area contributed by atoms with Gasteiger partial charge in [-0.1, -0.05) is 24.0 Å². The van der Waals surface area contributed by atoms with E-state index in [1.54, 1.807) is 4.90 Å². The molecule has 1 N–H and O–H groups in total. The maximum atomic E-state index is 11.2. The van der Waals surface area contributed by atoms with Gasteiger partial charge in [0.25, 0.3) is 0 Å². The lowest BCUT2D eigenvalue weighted by molar-refractivity contribution is -0.137. The molecule has 1 saturated heterocycles. The summed E-state index contributed by atoms with van der Waals surface area (Å²) < 4.78 is 0.616. The molecule has 1 rings (SSSR count). The van der Waals surface area contributed by atoms with E-state index in [9.17, 15) is 9.59 Å². The molecule has 0 spiro atoms. The summed E-state index contributed by atoms with van der Waals surface area (Å²) in [6.45, 7) is 0.554. The highest BCUT2D eigenvalue weighted by Crippen LogP contribution is 2.19. The summed E-state index contributed by atoms with van der Waals surface area (Å²) in [5.41, 5.74) is 0. The second-order valence-corrected chi connectivity index (χ2v) is 4.56. The molecule has 14 heavy (non-hydrogen) atoms. The zero-order valence-corrected chi connectivity index (χ0v) is 9.20. The Morgan fingerprint density at radius 1 is 1.57 bits per heavy atom. The quantitative estimate of drug-likeness (QED) is 0.569. The van der Waals surface area contributed by atoms with Crippen molar-refractivity contribution in [1.29, 1.82) is 0 Å². The normalized spacial score (nSPS) is 16.4. The first-order valence-corrected chi connectivity index (χ1v) is 5.69. The molecule has 1 aliphatic heterocycles. The number of thioether (sulfide) groups is 1. The van der Waals surface area contributed by atoms with Crippen LogP contribution in [0.25, 0.3) is 0 Å². The number of rotatable bonds is 5. The first-order chi connectivity index (χ1) is 6.61. The monoisotopic (exact) mass is 233 g/mol. The zero-order valence-electron chi connectivity index (χ0n) is 7.56. The number of amides is 1. The number of aliphatic carboxylic acids is 1. The van der Waals surface area contributed by atoms with Crippen molar-refractivity contribution in [2.75, 3.05) is 12.3 Å². The largest absolute Gasteiger partial charge is 0.481 e. The predicted octanol–water partition coefficient (Wildman–Crippen LogP) is 1.10. The molecule has 0 unspecified atom stereocenters. The highest BCUT2D eigenvalue weighted by atomic mass is 32.2. The number of carboxylic acids is 1. The van der Waals surface area contributed by atoms with Crippen molar-refractivity contribution < 1.29 is 14.7 Å². The molecule has 0 atom stereocenters. The fraction of sp³-hybridized carbons (Fsp3) is 0.625. The molecule has 0 aromatic heterocycles. The van der Waals surface area contributed by atoms with Gasteiger partial charge in [-0.05, 0) is 12.8 Å². The number of thiocarbonyl (C=S) groups is 1. The zero-order chi connectivity index (χ0) is 10.6. The minimum atomic E-state index is -0.797. The molecule has 0 aromatic carbocycles. The summed E-state index contributed by atoms with van der Waals surface area (Å²) in [7, 11) is 0. The molecule has 0 aromatic rings. The number of carbonyl (C=O) groups is 2. The van der Waals surface area contributed by atoms with E-state index in [4.69, 9.17) is 17.3 Å². The van der Waals surface area contributed by atoms with E-state index in [0.717, 1.165) is 0 Å². The molecule has 0 saturated carbocycles. The summed E-state index contributed by atoms with van der Waals surface area (Å²) in [6, 6.07) is 0. The van der Waals surface area contributed by atoms with Gasteiger partial charge in [0.2, 0.25) is 5.91 Å². The minimum Gasteiger partial charge on any atom is -0.481 e. The van der Waals surface area contributed by atoms with Gasteiger partial charge in [0.05, 0.1) is 5.75 Å². The molecular formula is C8H11NO3S2. The van der Waals surface area contributed by atoms with E-state index >= 15 is 0 Å². The molecule has 1 amide bonds. The summed E-state index contributed by atoms with van der Waals surface area (Å²) in [4.78, 5) is 23.0. The Labute approximate surface area is 91.6 Å². The van der Waals surface area contributed by atoms with Crippen molar-refractivity contribution in [3.63, 3.8) is 0 Å².